The Kier molecular flexibility index (Phi) is 2.44. The lowest BCUT2D eigenvalue weighted by Gasteiger charge is -2.03. The number of fused-ring (bicyclic) bond motifs is 1. The Labute approximate surface area is 107 Å². The molecule has 1 aromatic carbocycles. The monoisotopic (exact) mass is 287 g/mol. The van der Waals surface area contributed by atoms with Crippen molar-refractivity contribution in [3.8, 4) is 11.4 Å². The fourth-order valence-corrected chi connectivity index (χ4v) is 2.21. The van der Waals surface area contributed by atoms with Crippen molar-refractivity contribution in [2.75, 3.05) is 0 Å². The molecule has 0 spiro atoms. The number of benzene rings is 1. The zero-order chi connectivity index (χ0) is 11.8. The highest BCUT2D eigenvalue weighted by Gasteiger charge is 2.09. The summed E-state index contributed by atoms with van der Waals surface area (Å²) in [5.74, 6) is 0.874. The molecular weight excluding hydrogens is 278 g/mol. The molecule has 4 heteroatoms. The number of rotatable bonds is 1. The fraction of sp³-hybridized carbons (Fsp3) is 0.0769. The molecule has 0 radical (unpaired) electrons. The molecule has 3 aromatic rings. The maximum atomic E-state index is 4.26. The molecule has 2 aromatic heterocycles. The smallest absolute Gasteiger partial charge is 0.168 e. The highest BCUT2D eigenvalue weighted by Crippen LogP contribution is 2.23. The van der Waals surface area contributed by atoms with Gasteiger partial charge in [0, 0.05) is 16.2 Å². The van der Waals surface area contributed by atoms with Crippen molar-refractivity contribution in [1.82, 2.24) is 14.6 Å². The zero-order valence-electron chi connectivity index (χ0n) is 9.26. The van der Waals surface area contributed by atoms with Crippen LogP contribution in [-0.2, 0) is 0 Å². The van der Waals surface area contributed by atoms with Crippen LogP contribution < -0.4 is 0 Å². The minimum Gasteiger partial charge on any atom is -0.281 e. The van der Waals surface area contributed by atoms with Crippen LogP contribution in [0.1, 0.15) is 5.56 Å². The second-order valence-electron chi connectivity index (χ2n) is 3.91. The molecule has 0 aliphatic heterocycles. The summed E-state index contributed by atoms with van der Waals surface area (Å²) in [7, 11) is 0. The molecule has 0 atom stereocenters. The maximum absolute atomic E-state index is 4.26. The fourth-order valence-electron chi connectivity index (χ4n) is 1.87. The van der Waals surface area contributed by atoms with Crippen molar-refractivity contribution in [3.63, 3.8) is 0 Å². The van der Waals surface area contributed by atoms with E-state index >= 15 is 0 Å². The highest BCUT2D eigenvalue weighted by atomic mass is 79.9. The van der Waals surface area contributed by atoms with Crippen LogP contribution >= 0.6 is 15.9 Å². The highest BCUT2D eigenvalue weighted by molar-refractivity contribution is 9.10. The van der Waals surface area contributed by atoms with Gasteiger partial charge in [-0.05, 0) is 40.5 Å². The largest absolute Gasteiger partial charge is 0.281 e. The first kappa shape index (κ1) is 10.5. The van der Waals surface area contributed by atoms with E-state index < -0.39 is 0 Å². The summed E-state index contributed by atoms with van der Waals surface area (Å²) in [6.07, 6.45) is 1.98. The predicted molar refractivity (Wildman–Crippen MR) is 70.9 cm³/mol. The Morgan fingerprint density at radius 3 is 2.71 bits per heavy atom. The van der Waals surface area contributed by atoms with Gasteiger partial charge in [-0.3, -0.25) is 4.40 Å². The third kappa shape index (κ3) is 1.74. The van der Waals surface area contributed by atoms with E-state index in [-0.39, 0.29) is 0 Å². The molecule has 0 aliphatic rings. The molecule has 0 fully saturated rings. The van der Waals surface area contributed by atoms with Gasteiger partial charge in [0.25, 0.3) is 0 Å². The van der Waals surface area contributed by atoms with Gasteiger partial charge in [-0.25, -0.2) is 0 Å². The average Bonchev–Trinajstić information content (AvgIpc) is 2.72. The summed E-state index contributed by atoms with van der Waals surface area (Å²) in [6.45, 7) is 2.08. The number of pyridine rings is 1. The minimum atomic E-state index is 0.853. The first-order valence-electron chi connectivity index (χ1n) is 5.32. The number of halogens is 1. The van der Waals surface area contributed by atoms with Crippen LogP contribution in [0, 0.1) is 6.92 Å². The lowest BCUT2D eigenvalue weighted by Crippen LogP contribution is -1.91. The first-order valence-corrected chi connectivity index (χ1v) is 6.11. The molecule has 3 rings (SSSR count). The third-order valence-corrected chi connectivity index (χ3v) is 3.22. The van der Waals surface area contributed by atoms with E-state index in [1.54, 1.807) is 0 Å². The molecule has 0 saturated heterocycles. The lowest BCUT2D eigenvalue weighted by molar-refractivity contribution is 1.10. The van der Waals surface area contributed by atoms with Crippen LogP contribution in [0.25, 0.3) is 17.0 Å². The van der Waals surface area contributed by atoms with Crippen molar-refractivity contribution in [2.24, 2.45) is 0 Å². The summed E-state index contributed by atoms with van der Waals surface area (Å²) in [5, 5.41) is 8.43. The van der Waals surface area contributed by atoms with Gasteiger partial charge in [0.05, 0.1) is 0 Å². The normalized spacial score (nSPS) is 10.9. The molecule has 0 N–H and O–H groups in total. The van der Waals surface area contributed by atoms with Gasteiger partial charge in [0.2, 0.25) is 0 Å². The van der Waals surface area contributed by atoms with Crippen LogP contribution in [0.2, 0.25) is 0 Å². The van der Waals surface area contributed by atoms with Gasteiger partial charge < -0.3 is 0 Å². The lowest BCUT2D eigenvalue weighted by atomic mass is 10.1. The van der Waals surface area contributed by atoms with E-state index in [1.165, 1.54) is 5.56 Å². The maximum Gasteiger partial charge on any atom is 0.168 e. The van der Waals surface area contributed by atoms with Crippen LogP contribution in [0.3, 0.4) is 0 Å². The van der Waals surface area contributed by atoms with Gasteiger partial charge in [0.1, 0.15) is 0 Å². The molecule has 0 aliphatic carbocycles. The molecule has 3 nitrogen and oxygen atoms in total. The Morgan fingerprint density at radius 2 is 1.88 bits per heavy atom. The summed E-state index contributed by atoms with van der Waals surface area (Å²) in [6, 6.07) is 12.1. The quantitative estimate of drug-likeness (QED) is 0.686. The van der Waals surface area contributed by atoms with Crippen molar-refractivity contribution in [1.29, 1.82) is 0 Å². The van der Waals surface area contributed by atoms with Crippen LogP contribution in [0.15, 0.2) is 47.1 Å². The number of aryl methyl sites for hydroxylation is 1. The third-order valence-electron chi connectivity index (χ3n) is 2.75. The van der Waals surface area contributed by atoms with E-state index in [0.717, 1.165) is 21.5 Å². The summed E-state index contributed by atoms with van der Waals surface area (Å²) in [4.78, 5) is 0. The minimum absolute atomic E-state index is 0.853. The van der Waals surface area contributed by atoms with Gasteiger partial charge in [-0.15, -0.1) is 10.2 Å². The Hall–Kier alpha value is -1.68. The summed E-state index contributed by atoms with van der Waals surface area (Å²) < 4.78 is 3.01. The zero-order valence-corrected chi connectivity index (χ0v) is 10.8. The van der Waals surface area contributed by atoms with Gasteiger partial charge in [-0.1, -0.05) is 24.3 Å². The number of hydrogen-bond acceptors (Lipinski definition) is 2. The van der Waals surface area contributed by atoms with E-state index in [0.29, 0.717) is 0 Å². The Bertz CT molecular complexity index is 688. The topological polar surface area (TPSA) is 30.2 Å². The Balaban J connectivity index is 2.31. The average molecular weight is 288 g/mol. The van der Waals surface area contributed by atoms with E-state index in [9.17, 15) is 0 Å². The predicted octanol–water partition coefficient (Wildman–Crippen LogP) is 3.47. The van der Waals surface area contributed by atoms with Crippen LogP contribution in [0.4, 0.5) is 0 Å². The van der Waals surface area contributed by atoms with Crippen molar-refractivity contribution >= 4 is 21.6 Å². The summed E-state index contributed by atoms with van der Waals surface area (Å²) >= 11 is 3.47. The van der Waals surface area contributed by atoms with E-state index in [4.69, 9.17) is 0 Å². The van der Waals surface area contributed by atoms with Crippen molar-refractivity contribution < 1.29 is 0 Å². The molecule has 84 valence electrons. The van der Waals surface area contributed by atoms with Gasteiger partial charge in [0.15, 0.2) is 11.5 Å². The number of aromatic nitrogens is 3. The van der Waals surface area contributed by atoms with Crippen LogP contribution in [-0.4, -0.2) is 14.6 Å². The second-order valence-corrected chi connectivity index (χ2v) is 4.83. The SMILES string of the molecule is Cc1ccccc1-c1nnc2ccc(Br)cn12. The molecule has 17 heavy (non-hydrogen) atoms. The number of hydrogen-bond donors (Lipinski definition) is 0. The molecule has 0 saturated carbocycles. The van der Waals surface area contributed by atoms with E-state index in [2.05, 4.69) is 45.2 Å². The summed E-state index contributed by atoms with van der Waals surface area (Å²) in [5.41, 5.74) is 3.16. The van der Waals surface area contributed by atoms with Crippen molar-refractivity contribution in [3.05, 3.63) is 52.6 Å². The molecule has 0 amide bonds. The van der Waals surface area contributed by atoms with Crippen LogP contribution in [0.5, 0.6) is 0 Å². The standard InChI is InChI=1S/C13H10BrN3/c1-9-4-2-3-5-11(9)13-16-15-12-7-6-10(14)8-17(12)13/h2-8H,1H3. The molecule has 2 heterocycles. The Morgan fingerprint density at radius 1 is 1.06 bits per heavy atom. The first-order chi connectivity index (χ1) is 8.25. The van der Waals surface area contributed by atoms with Gasteiger partial charge in [-0.2, -0.15) is 0 Å². The van der Waals surface area contributed by atoms with Crippen molar-refractivity contribution in [2.45, 2.75) is 6.92 Å². The number of nitrogens with zero attached hydrogens (tertiary/aromatic N) is 3. The molecule has 0 bridgehead atoms. The second kappa shape index (κ2) is 3.96. The molecule has 0 unspecified atom stereocenters. The van der Waals surface area contributed by atoms with Gasteiger partial charge >= 0.3 is 0 Å². The molecular formula is C13H10BrN3. The van der Waals surface area contributed by atoms with E-state index in [1.807, 2.05) is 34.9 Å².